The molecule has 0 unspecified atom stereocenters. The van der Waals surface area contributed by atoms with Gasteiger partial charge in [0.05, 0.1) is 5.69 Å². The molecular weight excluding hydrogens is 527 g/mol. The number of hydrogen-bond acceptors (Lipinski definition) is 4. The maximum absolute atomic E-state index is 14.1. The van der Waals surface area contributed by atoms with Crippen molar-refractivity contribution in [1.82, 2.24) is 9.55 Å². The van der Waals surface area contributed by atoms with Crippen LogP contribution in [-0.4, -0.2) is 15.5 Å². The molecule has 0 amide bonds. The summed E-state index contributed by atoms with van der Waals surface area (Å²) in [5.74, 6) is -0.484. The molecule has 5 nitrogen and oxygen atoms in total. The van der Waals surface area contributed by atoms with Crippen LogP contribution in [0.15, 0.2) is 36.5 Å². The highest BCUT2D eigenvalue weighted by molar-refractivity contribution is 14.1. The van der Waals surface area contributed by atoms with Crippen molar-refractivity contribution in [1.29, 1.82) is 0 Å². The zero-order valence-corrected chi connectivity index (χ0v) is 16.1. The number of aryl methyl sites for hydroxylation is 1. The van der Waals surface area contributed by atoms with E-state index in [1.54, 1.807) is 42.1 Å². The maximum atomic E-state index is 14.1. The summed E-state index contributed by atoms with van der Waals surface area (Å²) in [5.41, 5.74) is 1.21. The van der Waals surface area contributed by atoms with Gasteiger partial charge in [0, 0.05) is 22.2 Å². The number of carbonyl (C=O) groups excluding carboxylic acids is 1. The van der Waals surface area contributed by atoms with E-state index in [0.717, 1.165) is 3.57 Å². The lowest BCUT2D eigenvalue weighted by Gasteiger charge is -2.10. The van der Waals surface area contributed by atoms with Crippen LogP contribution in [0.3, 0.4) is 0 Å². The number of nitrogens with one attached hydrogen (secondary N) is 1. The number of pyridine rings is 1. The molecule has 0 aliphatic heterocycles. The third-order valence-corrected chi connectivity index (χ3v) is 4.48. The molecule has 0 spiro atoms. The fourth-order valence-electron chi connectivity index (χ4n) is 2.37. The van der Waals surface area contributed by atoms with Gasteiger partial charge in [-0.2, -0.15) is 0 Å². The van der Waals surface area contributed by atoms with Crippen LogP contribution < -0.4 is 5.32 Å². The van der Waals surface area contributed by atoms with Gasteiger partial charge < -0.3 is 13.0 Å². The SMILES string of the molecule is Cn1c(Nc2ccc(I)cc2F)c(C(=O)OI)c2cccnc21. The van der Waals surface area contributed by atoms with Crippen LogP contribution in [0, 0.1) is 9.39 Å². The van der Waals surface area contributed by atoms with E-state index < -0.39 is 11.8 Å². The van der Waals surface area contributed by atoms with Gasteiger partial charge in [0.1, 0.15) is 22.8 Å². The first-order valence-electron chi connectivity index (χ1n) is 6.51. The molecule has 0 aliphatic carbocycles. The van der Waals surface area contributed by atoms with Crippen molar-refractivity contribution >= 4 is 74.1 Å². The number of hydrogen-bond donors (Lipinski definition) is 1. The van der Waals surface area contributed by atoms with Gasteiger partial charge in [0.25, 0.3) is 0 Å². The summed E-state index contributed by atoms with van der Waals surface area (Å²) in [6.45, 7) is 0. The summed E-state index contributed by atoms with van der Waals surface area (Å²) in [6, 6.07) is 8.34. The molecule has 23 heavy (non-hydrogen) atoms. The zero-order chi connectivity index (χ0) is 16.6. The summed E-state index contributed by atoms with van der Waals surface area (Å²) in [7, 11) is 1.76. The van der Waals surface area contributed by atoms with E-state index >= 15 is 0 Å². The number of fused-ring (bicyclic) bond motifs is 1. The van der Waals surface area contributed by atoms with Crippen molar-refractivity contribution in [2.24, 2.45) is 7.05 Å². The van der Waals surface area contributed by atoms with E-state index in [9.17, 15) is 9.18 Å². The summed E-state index contributed by atoms with van der Waals surface area (Å²) >= 11 is 3.57. The number of rotatable bonds is 3. The second-order valence-corrected chi connectivity index (χ2v) is 6.46. The van der Waals surface area contributed by atoms with Crippen LogP contribution in [-0.2, 0) is 10.1 Å². The molecule has 3 rings (SSSR count). The first kappa shape index (κ1) is 16.4. The molecule has 2 aromatic heterocycles. The number of anilines is 2. The minimum absolute atomic E-state index is 0.277. The topological polar surface area (TPSA) is 56.2 Å². The van der Waals surface area contributed by atoms with E-state index in [1.807, 2.05) is 22.6 Å². The van der Waals surface area contributed by atoms with Gasteiger partial charge in [-0.15, -0.1) is 0 Å². The third-order valence-electron chi connectivity index (χ3n) is 3.40. The average Bonchev–Trinajstić information content (AvgIpc) is 2.82. The van der Waals surface area contributed by atoms with Crippen molar-refractivity contribution in [2.45, 2.75) is 0 Å². The van der Waals surface area contributed by atoms with Gasteiger partial charge in [-0.3, -0.25) is 0 Å². The van der Waals surface area contributed by atoms with Crippen molar-refractivity contribution in [3.05, 3.63) is 51.5 Å². The van der Waals surface area contributed by atoms with Gasteiger partial charge in [-0.25, -0.2) is 14.2 Å². The van der Waals surface area contributed by atoms with Crippen LogP contribution in [0.2, 0.25) is 0 Å². The number of nitrogens with zero attached hydrogens (tertiary/aromatic N) is 2. The van der Waals surface area contributed by atoms with Gasteiger partial charge in [0.15, 0.2) is 23.0 Å². The predicted octanol–water partition coefficient (Wildman–Crippen LogP) is 4.57. The fourth-order valence-corrected chi connectivity index (χ4v) is 3.04. The molecule has 0 fully saturated rings. The fraction of sp³-hybridized carbons (Fsp3) is 0.0667. The molecule has 0 saturated heterocycles. The minimum Gasteiger partial charge on any atom is -0.391 e. The molecule has 0 bridgehead atoms. The van der Waals surface area contributed by atoms with E-state index in [4.69, 9.17) is 3.07 Å². The molecule has 2 heterocycles. The molecule has 0 aliphatic rings. The predicted molar refractivity (Wildman–Crippen MR) is 103 cm³/mol. The molecule has 0 atom stereocenters. The maximum Gasteiger partial charge on any atom is 0.352 e. The van der Waals surface area contributed by atoms with Crippen molar-refractivity contribution in [3.8, 4) is 0 Å². The van der Waals surface area contributed by atoms with Gasteiger partial charge in [0.2, 0.25) is 0 Å². The summed E-state index contributed by atoms with van der Waals surface area (Å²) in [5, 5.41) is 3.63. The second-order valence-electron chi connectivity index (χ2n) is 4.77. The highest BCUT2D eigenvalue weighted by Crippen LogP contribution is 2.32. The molecule has 0 radical (unpaired) electrons. The molecule has 8 heteroatoms. The molecule has 1 N–H and O–H groups in total. The quantitative estimate of drug-likeness (QED) is 0.498. The summed E-state index contributed by atoms with van der Waals surface area (Å²) in [6.07, 6.45) is 1.64. The van der Waals surface area contributed by atoms with Crippen LogP contribution in [0.4, 0.5) is 15.9 Å². The Labute approximate surface area is 159 Å². The zero-order valence-electron chi connectivity index (χ0n) is 11.8. The molecule has 0 saturated carbocycles. The van der Waals surface area contributed by atoms with Crippen molar-refractivity contribution in [3.63, 3.8) is 0 Å². The standard InChI is InChI=1S/C15H10FI2N3O2/c1-21-13-9(3-2-6-19-13)12(15(22)23-18)14(21)20-11-5-4-8(17)7-10(11)16/h2-7,20H,1H3. The summed E-state index contributed by atoms with van der Waals surface area (Å²) < 4.78 is 21.5. The Morgan fingerprint density at radius 1 is 1.39 bits per heavy atom. The Kier molecular flexibility index (Phi) is 4.71. The number of halogens is 3. The lowest BCUT2D eigenvalue weighted by molar-refractivity contribution is 0.0803. The highest BCUT2D eigenvalue weighted by atomic mass is 127. The Balaban J connectivity index is 2.20. The summed E-state index contributed by atoms with van der Waals surface area (Å²) in [4.78, 5) is 16.5. The molecule has 3 aromatic rings. The Hall–Kier alpha value is -1.43. The van der Waals surface area contributed by atoms with Crippen molar-refractivity contribution in [2.75, 3.05) is 5.32 Å². The highest BCUT2D eigenvalue weighted by Gasteiger charge is 2.23. The van der Waals surface area contributed by atoms with Crippen LogP contribution in [0.25, 0.3) is 11.0 Å². The van der Waals surface area contributed by atoms with E-state index in [-0.39, 0.29) is 5.69 Å². The van der Waals surface area contributed by atoms with Gasteiger partial charge in [-0.05, 0) is 52.9 Å². The Morgan fingerprint density at radius 3 is 2.87 bits per heavy atom. The number of benzene rings is 1. The Morgan fingerprint density at radius 2 is 2.17 bits per heavy atom. The average molecular weight is 537 g/mol. The van der Waals surface area contributed by atoms with Gasteiger partial charge in [-0.1, -0.05) is 0 Å². The smallest absolute Gasteiger partial charge is 0.352 e. The van der Waals surface area contributed by atoms with E-state index in [2.05, 4.69) is 10.3 Å². The monoisotopic (exact) mass is 537 g/mol. The molecule has 1 aromatic carbocycles. The van der Waals surface area contributed by atoms with Crippen LogP contribution >= 0.6 is 45.6 Å². The lowest BCUT2D eigenvalue weighted by atomic mass is 10.2. The largest absolute Gasteiger partial charge is 0.391 e. The van der Waals surface area contributed by atoms with Gasteiger partial charge >= 0.3 is 5.97 Å². The molecular formula is C15H10FI2N3O2. The first-order valence-corrected chi connectivity index (χ1v) is 8.47. The third kappa shape index (κ3) is 3.01. The molecule has 118 valence electrons. The van der Waals surface area contributed by atoms with Crippen LogP contribution in [0.5, 0.6) is 0 Å². The van der Waals surface area contributed by atoms with Crippen molar-refractivity contribution < 1.29 is 12.3 Å². The minimum atomic E-state index is -0.516. The Bertz CT molecular complexity index is 911. The number of aromatic nitrogens is 2. The first-order chi connectivity index (χ1) is 11.0. The lowest BCUT2D eigenvalue weighted by Crippen LogP contribution is -2.06. The normalized spacial score (nSPS) is 10.8. The van der Waals surface area contributed by atoms with E-state index in [1.165, 1.54) is 29.1 Å². The number of carbonyl (C=O) groups is 1. The van der Waals surface area contributed by atoms with Crippen LogP contribution in [0.1, 0.15) is 10.4 Å². The second kappa shape index (κ2) is 6.59. The van der Waals surface area contributed by atoms with E-state index in [0.29, 0.717) is 22.4 Å².